The van der Waals surface area contributed by atoms with Gasteiger partial charge in [0.1, 0.15) is 0 Å². The summed E-state index contributed by atoms with van der Waals surface area (Å²) in [5.74, 6) is 0.942. The predicted molar refractivity (Wildman–Crippen MR) is 84.2 cm³/mol. The minimum absolute atomic E-state index is 0.439. The number of anilines is 1. The van der Waals surface area contributed by atoms with E-state index >= 15 is 0 Å². The number of aromatic nitrogens is 2. The van der Waals surface area contributed by atoms with Crippen LogP contribution in [0.3, 0.4) is 0 Å². The zero-order valence-corrected chi connectivity index (χ0v) is 13.4. The van der Waals surface area contributed by atoms with Crippen LogP contribution in [0.15, 0.2) is 12.4 Å². The summed E-state index contributed by atoms with van der Waals surface area (Å²) in [5.41, 5.74) is 0. The lowest BCUT2D eigenvalue weighted by atomic mass is 10.2. The second-order valence-electron chi connectivity index (χ2n) is 5.15. The second-order valence-corrected chi connectivity index (χ2v) is 5.15. The summed E-state index contributed by atoms with van der Waals surface area (Å²) in [6, 6.07) is 0.439. The molecule has 0 bridgehead atoms. The third-order valence-corrected chi connectivity index (χ3v) is 3.63. The first kappa shape index (κ1) is 17.0. The van der Waals surface area contributed by atoms with Gasteiger partial charge in [0.2, 0.25) is 5.95 Å². The number of imidazole rings is 1. The molecule has 1 aromatic rings. The van der Waals surface area contributed by atoms with Crippen molar-refractivity contribution in [1.29, 1.82) is 0 Å². The summed E-state index contributed by atoms with van der Waals surface area (Å²) in [6.07, 6.45) is 6.20. The molecule has 0 fully saturated rings. The summed E-state index contributed by atoms with van der Waals surface area (Å²) in [5, 5.41) is 3.49. The fraction of sp³-hybridized carbons (Fsp3) is 0.800. The van der Waals surface area contributed by atoms with E-state index in [1.807, 2.05) is 12.4 Å². The van der Waals surface area contributed by atoms with E-state index in [0.29, 0.717) is 12.6 Å². The van der Waals surface area contributed by atoms with Crippen molar-refractivity contribution in [3.05, 3.63) is 12.4 Å². The highest BCUT2D eigenvalue weighted by Gasteiger charge is 2.08. The molecule has 1 atom stereocenters. The maximum Gasteiger partial charge on any atom is 0.203 e. The van der Waals surface area contributed by atoms with Crippen molar-refractivity contribution in [3.63, 3.8) is 0 Å². The zero-order chi connectivity index (χ0) is 14.8. The topological polar surface area (TPSA) is 42.3 Å². The highest BCUT2D eigenvalue weighted by molar-refractivity contribution is 5.27. The first-order valence-electron chi connectivity index (χ1n) is 7.70. The van der Waals surface area contributed by atoms with Gasteiger partial charge in [0.05, 0.1) is 6.61 Å². The van der Waals surface area contributed by atoms with Crippen LogP contribution in [0.5, 0.6) is 0 Å². The monoisotopic (exact) mass is 282 g/mol. The third-order valence-electron chi connectivity index (χ3n) is 3.63. The summed E-state index contributed by atoms with van der Waals surface area (Å²) in [6.45, 7) is 11.7. The fourth-order valence-electron chi connectivity index (χ4n) is 2.27. The van der Waals surface area contributed by atoms with E-state index < -0.39 is 0 Å². The van der Waals surface area contributed by atoms with Crippen molar-refractivity contribution in [3.8, 4) is 0 Å². The van der Waals surface area contributed by atoms with E-state index in [-0.39, 0.29) is 0 Å². The Morgan fingerprint density at radius 2 is 2.15 bits per heavy atom. The molecule has 1 aromatic heterocycles. The molecule has 0 aliphatic heterocycles. The molecule has 0 aliphatic rings. The van der Waals surface area contributed by atoms with E-state index in [1.54, 1.807) is 7.11 Å². The molecule has 1 heterocycles. The molecule has 5 heteroatoms. The molecule has 5 nitrogen and oxygen atoms in total. The Morgan fingerprint density at radius 1 is 1.40 bits per heavy atom. The number of nitrogens with one attached hydrogen (secondary N) is 1. The molecule has 1 rings (SSSR count). The molecule has 0 spiro atoms. The van der Waals surface area contributed by atoms with E-state index in [0.717, 1.165) is 32.0 Å². The van der Waals surface area contributed by atoms with Gasteiger partial charge in [-0.3, -0.25) is 0 Å². The Balaban J connectivity index is 2.31. The van der Waals surface area contributed by atoms with Gasteiger partial charge in [-0.25, -0.2) is 4.98 Å². The largest absolute Gasteiger partial charge is 0.383 e. The van der Waals surface area contributed by atoms with Crippen LogP contribution in [0.2, 0.25) is 0 Å². The zero-order valence-electron chi connectivity index (χ0n) is 13.4. The summed E-state index contributed by atoms with van der Waals surface area (Å²) in [7, 11) is 1.72. The van der Waals surface area contributed by atoms with Crippen LogP contribution in [-0.4, -0.2) is 53.8 Å². The molecule has 20 heavy (non-hydrogen) atoms. The minimum atomic E-state index is 0.439. The molecule has 0 saturated heterocycles. The summed E-state index contributed by atoms with van der Waals surface area (Å²) in [4.78, 5) is 6.84. The number of hydrogen-bond acceptors (Lipinski definition) is 4. The molecular weight excluding hydrogens is 252 g/mol. The molecule has 0 amide bonds. The van der Waals surface area contributed by atoms with Crippen molar-refractivity contribution < 1.29 is 4.74 Å². The Bertz CT molecular complexity index is 349. The second kappa shape index (κ2) is 9.77. The molecule has 0 aromatic carbocycles. The lowest BCUT2D eigenvalue weighted by molar-refractivity contribution is 0.187. The van der Waals surface area contributed by atoms with Crippen LogP contribution < -0.4 is 5.32 Å². The average molecular weight is 282 g/mol. The van der Waals surface area contributed by atoms with Crippen molar-refractivity contribution in [2.75, 3.05) is 38.7 Å². The van der Waals surface area contributed by atoms with Gasteiger partial charge in [0, 0.05) is 32.1 Å². The van der Waals surface area contributed by atoms with Crippen LogP contribution >= 0.6 is 0 Å². The van der Waals surface area contributed by atoms with Gasteiger partial charge in [-0.2, -0.15) is 0 Å². The van der Waals surface area contributed by atoms with Gasteiger partial charge in [-0.1, -0.05) is 13.8 Å². The number of nitrogens with zero attached hydrogens (tertiary/aromatic N) is 3. The fourth-order valence-corrected chi connectivity index (χ4v) is 2.27. The first-order chi connectivity index (χ1) is 9.71. The Morgan fingerprint density at radius 3 is 2.80 bits per heavy atom. The van der Waals surface area contributed by atoms with Crippen LogP contribution in [0.4, 0.5) is 5.95 Å². The van der Waals surface area contributed by atoms with Gasteiger partial charge >= 0.3 is 0 Å². The molecule has 0 radical (unpaired) electrons. The Labute approximate surface area is 123 Å². The van der Waals surface area contributed by atoms with E-state index in [4.69, 9.17) is 4.74 Å². The van der Waals surface area contributed by atoms with Crippen molar-refractivity contribution in [2.24, 2.45) is 0 Å². The van der Waals surface area contributed by atoms with Crippen molar-refractivity contribution in [2.45, 2.75) is 46.2 Å². The molecular formula is C15H30N4O. The van der Waals surface area contributed by atoms with Crippen LogP contribution in [0.1, 0.15) is 33.6 Å². The number of rotatable bonds is 11. The summed E-state index contributed by atoms with van der Waals surface area (Å²) < 4.78 is 7.21. The normalized spacial score (nSPS) is 12.8. The quantitative estimate of drug-likeness (QED) is 0.677. The van der Waals surface area contributed by atoms with Crippen LogP contribution in [0, 0.1) is 0 Å². The van der Waals surface area contributed by atoms with Crippen molar-refractivity contribution in [1.82, 2.24) is 14.5 Å². The number of hydrogen-bond donors (Lipinski definition) is 1. The predicted octanol–water partition coefficient (Wildman–Crippen LogP) is 2.45. The minimum Gasteiger partial charge on any atom is -0.383 e. The lowest BCUT2D eigenvalue weighted by Gasteiger charge is -2.20. The molecule has 0 saturated carbocycles. The van der Waals surface area contributed by atoms with Gasteiger partial charge < -0.3 is 19.5 Å². The molecule has 116 valence electrons. The van der Waals surface area contributed by atoms with Crippen LogP contribution in [0.25, 0.3) is 0 Å². The van der Waals surface area contributed by atoms with Crippen LogP contribution in [-0.2, 0) is 11.3 Å². The standard InChI is InChI=1S/C15H30N4O/c1-5-18(6-2)10-7-8-14(3)17-15-16-9-11-19(15)12-13-20-4/h9,11,14H,5-8,10,12-13H2,1-4H3,(H,16,17). The van der Waals surface area contributed by atoms with E-state index in [9.17, 15) is 0 Å². The van der Waals surface area contributed by atoms with Gasteiger partial charge in [0.25, 0.3) is 0 Å². The lowest BCUT2D eigenvalue weighted by Crippen LogP contribution is -2.26. The van der Waals surface area contributed by atoms with Crippen molar-refractivity contribution >= 4 is 5.95 Å². The first-order valence-corrected chi connectivity index (χ1v) is 7.70. The molecule has 1 unspecified atom stereocenters. The highest BCUT2D eigenvalue weighted by Crippen LogP contribution is 2.09. The molecule has 1 N–H and O–H groups in total. The third kappa shape index (κ3) is 5.92. The highest BCUT2D eigenvalue weighted by atomic mass is 16.5. The number of ether oxygens (including phenoxy) is 1. The van der Waals surface area contributed by atoms with E-state index in [2.05, 4.69) is 40.5 Å². The number of methoxy groups -OCH3 is 1. The maximum absolute atomic E-state index is 5.11. The Kier molecular flexibility index (Phi) is 8.30. The van der Waals surface area contributed by atoms with Gasteiger partial charge in [-0.15, -0.1) is 0 Å². The SMILES string of the molecule is CCN(CC)CCCC(C)Nc1nccn1CCOC. The Hall–Kier alpha value is -1.07. The smallest absolute Gasteiger partial charge is 0.203 e. The van der Waals surface area contributed by atoms with Gasteiger partial charge in [0.15, 0.2) is 0 Å². The van der Waals surface area contributed by atoms with Gasteiger partial charge in [-0.05, 0) is 39.4 Å². The molecule has 0 aliphatic carbocycles. The van der Waals surface area contributed by atoms with E-state index in [1.165, 1.54) is 13.0 Å². The average Bonchev–Trinajstić information content (AvgIpc) is 2.88. The summed E-state index contributed by atoms with van der Waals surface area (Å²) >= 11 is 0. The maximum atomic E-state index is 5.11.